The van der Waals surface area contributed by atoms with Crippen LogP contribution in [0.3, 0.4) is 0 Å². The molecule has 5 heteroatoms. The van der Waals surface area contributed by atoms with E-state index in [-0.39, 0.29) is 11.4 Å². The van der Waals surface area contributed by atoms with Gasteiger partial charge in [-0.2, -0.15) is 0 Å². The minimum atomic E-state index is -0.611. The Labute approximate surface area is 124 Å². The third-order valence-corrected chi connectivity index (χ3v) is 3.36. The SMILES string of the molecule is COC(=O)/C(=C/c1ccc(N2CCOCC2)cc1)C(C)=O. The Hall–Kier alpha value is -2.14. The van der Waals surface area contributed by atoms with Crippen molar-refractivity contribution in [1.82, 2.24) is 0 Å². The van der Waals surface area contributed by atoms with Crippen LogP contribution in [0, 0.1) is 0 Å². The maximum Gasteiger partial charge on any atom is 0.341 e. The van der Waals surface area contributed by atoms with Crippen molar-refractivity contribution in [3.8, 4) is 0 Å². The Morgan fingerprint density at radius 1 is 1.19 bits per heavy atom. The van der Waals surface area contributed by atoms with Gasteiger partial charge in [-0.15, -0.1) is 0 Å². The Kier molecular flexibility index (Phi) is 5.11. The van der Waals surface area contributed by atoms with E-state index in [0.29, 0.717) is 0 Å². The van der Waals surface area contributed by atoms with Gasteiger partial charge >= 0.3 is 5.97 Å². The number of ether oxygens (including phenoxy) is 2. The van der Waals surface area contributed by atoms with Crippen molar-refractivity contribution in [1.29, 1.82) is 0 Å². The van der Waals surface area contributed by atoms with Gasteiger partial charge in [-0.05, 0) is 30.7 Å². The monoisotopic (exact) mass is 289 g/mol. The predicted octanol–water partition coefficient (Wildman–Crippen LogP) is 1.67. The van der Waals surface area contributed by atoms with E-state index in [2.05, 4.69) is 9.64 Å². The molecular weight excluding hydrogens is 270 g/mol. The molecule has 1 aliphatic heterocycles. The van der Waals surface area contributed by atoms with Crippen LogP contribution >= 0.6 is 0 Å². The molecule has 0 atom stereocenters. The molecule has 1 aliphatic rings. The Balaban J connectivity index is 2.17. The van der Waals surface area contributed by atoms with E-state index < -0.39 is 5.97 Å². The lowest BCUT2D eigenvalue weighted by molar-refractivity contribution is -0.137. The third kappa shape index (κ3) is 3.92. The molecule has 0 aromatic heterocycles. The van der Waals surface area contributed by atoms with E-state index in [1.807, 2.05) is 24.3 Å². The number of hydrogen-bond donors (Lipinski definition) is 0. The van der Waals surface area contributed by atoms with Gasteiger partial charge in [-0.3, -0.25) is 4.79 Å². The average Bonchev–Trinajstić information content (AvgIpc) is 2.53. The molecule has 0 radical (unpaired) electrons. The van der Waals surface area contributed by atoms with Crippen molar-refractivity contribution < 1.29 is 19.1 Å². The van der Waals surface area contributed by atoms with Gasteiger partial charge in [-0.1, -0.05) is 12.1 Å². The van der Waals surface area contributed by atoms with Crippen LogP contribution in [0.1, 0.15) is 12.5 Å². The fourth-order valence-corrected chi connectivity index (χ4v) is 2.18. The van der Waals surface area contributed by atoms with Gasteiger partial charge in [0.2, 0.25) is 0 Å². The summed E-state index contributed by atoms with van der Waals surface area (Å²) in [5.74, 6) is -0.918. The molecule has 0 saturated carbocycles. The van der Waals surface area contributed by atoms with Crippen molar-refractivity contribution >= 4 is 23.5 Å². The van der Waals surface area contributed by atoms with Crippen molar-refractivity contribution in [2.75, 3.05) is 38.3 Å². The minimum absolute atomic E-state index is 0.0524. The van der Waals surface area contributed by atoms with E-state index >= 15 is 0 Å². The van der Waals surface area contributed by atoms with E-state index in [4.69, 9.17) is 4.74 Å². The largest absolute Gasteiger partial charge is 0.465 e. The number of Topliss-reactive ketones (excluding diaryl/α,β-unsaturated/α-hetero) is 1. The van der Waals surface area contributed by atoms with Gasteiger partial charge in [0.05, 0.1) is 20.3 Å². The zero-order valence-electron chi connectivity index (χ0n) is 12.3. The van der Waals surface area contributed by atoms with Crippen LogP contribution in [0.4, 0.5) is 5.69 Å². The maximum absolute atomic E-state index is 11.5. The molecule has 0 spiro atoms. The standard InChI is InChI=1S/C16H19NO4/c1-12(18)15(16(19)20-2)11-13-3-5-14(6-4-13)17-7-9-21-10-8-17/h3-6,11H,7-10H2,1-2H3/b15-11+. The topological polar surface area (TPSA) is 55.8 Å². The molecule has 0 unspecified atom stereocenters. The highest BCUT2D eigenvalue weighted by Gasteiger charge is 2.15. The zero-order valence-corrected chi connectivity index (χ0v) is 12.3. The van der Waals surface area contributed by atoms with Crippen LogP contribution in [0.25, 0.3) is 6.08 Å². The second kappa shape index (κ2) is 7.04. The highest BCUT2D eigenvalue weighted by Crippen LogP contribution is 2.18. The number of hydrogen-bond acceptors (Lipinski definition) is 5. The molecule has 0 aliphatic carbocycles. The van der Waals surface area contributed by atoms with E-state index in [9.17, 15) is 9.59 Å². The lowest BCUT2D eigenvalue weighted by Gasteiger charge is -2.28. The lowest BCUT2D eigenvalue weighted by atomic mass is 10.1. The van der Waals surface area contributed by atoms with Crippen molar-refractivity contribution in [2.24, 2.45) is 0 Å². The van der Waals surface area contributed by atoms with Crippen LogP contribution in [0.2, 0.25) is 0 Å². The molecule has 1 heterocycles. The highest BCUT2D eigenvalue weighted by atomic mass is 16.5. The summed E-state index contributed by atoms with van der Waals surface area (Å²) in [6, 6.07) is 7.73. The maximum atomic E-state index is 11.5. The average molecular weight is 289 g/mol. The van der Waals surface area contributed by atoms with E-state index in [1.165, 1.54) is 14.0 Å². The normalized spacial score (nSPS) is 15.7. The van der Waals surface area contributed by atoms with Gasteiger partial charge in [0.25, 0.3) is 0 Å². The summed E-state index contributed by atoms with van der Waals surface area (Å²) >= 11 is 0. The highest BCUT2D eigenvalue weighted by molar-refractivity contribution is 6.19. The molecule has 1 saturated heterocycles. The predicted molar refractivity (Wildman–Crippen MR) is 80.1 cm³/mol. The first-order valence-electron chi connectivity index (χ1n) is 6.85. The first kappa shape index (κ1) is 15.3. The molecule has 0 bridgehead atoms. The minimum Gasteiger partial charge on any atom is -0.465 e. The van der Waals surface area contributed by atoms with Crippen LogP contribution < -0.4 is 4.90 Å². The van der Waals surface area contributed by atoms with Gasteiger partial charge in [0.15, 0.2) is 5.78 Å². The number of esters is 1. The number of methoxy groups -OCH3 is 1. The fraction of sp³-hybridized carbons (Fsp3) is 0.375. The molecule has 0 N–H and O–H groups in total. The first-order valence-corrected chi connectivity index (χ1v) is 6.85. The number of benzene rings is 1. The van der Waals surface area contributed by atoms with Gasteiger partial charge in [0.1, 0.15) is 5.57 Å². The lowest BCUT2D eigenvalue weighted by Crippen LogP contribution is -2.36. The number of carbonyl (C=O) groups is 2. The number of ketones is 1. The Bertz CT molecular complexity index is 542. The Morgan fingerprint density at radius 3 is 2.33 bits per heavy atom. The van der Waals surface area contributed by atoms with Crippen LogP contribution in [-0.4, -0.2) is 45.2 Å². The molecule has 1 aromatic rings. The number of nitrogens with zero attached hydrogens (tertiary/aromatic N) is 1. The van der Waals surface area contributed by atoms with Crippen molar-refractivity contribution in [3.05, 3.63) is 35.4 Å². The molecular formula is C16H19NO4. The quantitative estimate of drug-likeness (QED) is 0.365. The van der Waals surface area contributed by atoms with Gasteiger partial charge in [0, 0.05) is 18.8 Å². The van der Waals surface area contributed by atoms with Crippen molar-refractivity contribution in [2.45, 2.75) is 6.92 Å². The van der Waals surface area contributed by atoms with Crippen LogP contribution in [0.15, 0.2) is 29.8 Å². The first-order chi connectivity index (χ1) is 10.1. The summed E-state index contributed by atoms with van der Waals surface area (Å²) in [7, 11) is 1.26. The zero-order chi connectivity index (χ0) is 15.2. The summed E-state index contributed by atoms with van der Waals surface area (Å²) < 4.78 is 9.94. The second-order valence-electron chi connectivity index (χ2n) is 4.80. The molecule has 1 aromatic carbocycles. The summed E-state index contributed by atoms with van der Waals surface area (Å²) in [6.45, 7) is 4.56. The van der Waals surface area contributed by atoms with Crippen molar-refractivity contribution in [3.63, 3.8) is 0 Å². The second-order valence-corrected chi connectivity index (χ2v) is 4.80. The third-order valence-electron chi connectivity index (χ3n) is 3.36. The van der Waals surface area contributed by atoms with E-state index in [1.54, 1.807) is 6.08 Å². The number of anilines is 1. The number of carbonyl (C=O) groups excluding carboxylic acids is 2. The van der Waals surface area contributed by atoms with Crippen LogP contribution in [0.5, 0.6) is 0 Å². The molecule has 0 amide bonds. The van der Waals surface area contributed by atoms with Gasteiger partial charge < -0.3 is 14.4 Å². The Morgan fingerprint density at radius 2 is 1.81 bits per heavy atom. The summed E-state index contributed by atoms with van der Waals surface area (Å²) in [4.78, 5) is 25.2. The fourth-order valence-electron chi connectivity index (χ4n) is 2.18. The van der Waals surface area contributed by atoms with Crippen LogP contribution in [-0.2, 0) is 19.1 Å². The molecule has 5 nitrogen and oxygen atoms in total. The molecule has 21 heavy (non-hydrogen) atoms. The summed E-state index contributed by atoms with van der Waals surface area (Å²) in [5, 5.41) is 0. The van der Waals surface area contributed by atoms with E-state index in [0.717, 1.165) is 37.6 Å². The van der Waals surface area contributed by atoms with Gasteiger partial charge in [-0.25, -0.2) is 4.79 Å². The molecule has 1 fully saturated rings. The molecule has 112 valence electrons. The smallest absolute Gasteiger partial charge is 0.341 e. The number of morpholine rings is 1. The summed E-state index contributed by atoms with van der Waals surface area (Å²) in [6.07, 6.45) is 1.55. The summed E-state index contributed by atoms with van der Waals surface area (Å²) in [5.41, 5.74) is 1.96. The molecule has 2 rings (SSSR count). The number of rotatable bonds is 4.